The fraction of sp³-hybridized carbons (Fsp3) is 0.692. The van der Waals surface area contributed by atoms with Crippen molar-refractivity contribution < 1.29 is 14.9 Å². The van der Waals surface area contributed by atoms with Gasteiger partial charge in [-0.3, -0.25) is 9.36 Å². The van der Waals surface area contributed by atoms with Crippen LogP contribution in [0.2, 0.25) is 0 Å². The molecule has 1 aromatic heterocycles. The van der Waals surface area contributed by atoms with Gasteiger partial charge >= 0.3 is 0 Å². The van der Waals surface area contributed by atoms with Crippen LogP contribution in [0.1, 0.15) is 19.8 Å². The molecule has 2 heterocycles. The number of halogens is 1. The van der Waals surface area contributed by atoms with E-state index in [1.807, 2.05) is 6.92 Å². The van der Waals surface area contributed by atoms with Gasteiger partial charge in [0.2, 0.25) is 5.95 Å². The molecule has 130 valence electrons. The van der Waals surface area contributed by atoms with Crippen LogP contribution in [0.15, 0.2) is 4.79 Å². The van der Waals surface area contributed by atoms with Gasteiger partial charge in [-0.05, 0) is 29.0 Å². The van der Waals surface area contributed by atoms with E-state index in [0.717, 1.165) is 6.42 Å². The number of ether oxygens (including phenoxy) is 1. The van der Waals surface area contributed by atoms with Crippen molar-refractivity contribution in [1.82, 2.24) is 9.55 Å². The van der Waals surface area contributed by atoms with Crippen LogP contribution < -0.4 is 21.1 Å². The van der Waals surface area contributed by atoms with Gasteiger partial charge in [-0.25, -0.2) is 0 Å². The van der Waals surface area contributed by atoms with Crippen LogP contribution in [-0.4, -0.2) is 50.6 Å². The molecule has 2 unspecified atom stereocenters. The highest BCUT2D eigenvalue weighted by Crippen LogP contribution is 2.37. The molecule has 2 atom stereocenters. The van der Waals surface area contributed by atoms with Gasteiger partial charge in [-0.2, -0.15) is 4.98 Å². The van der Waals surface area contributed by atoms with E-state index < -0.39 is 6.29 Å². The summed E-state index contributed by atoms with van der Waals surface area (Å²) in [5.74, 6) is 0.605. The number of fused-ring (bicyclic) bond motifs is 1. The van der Waals surface area contributed by atoms with Gasteiger partial charge in [0.05, 0.1) is 0 Å². The Labute approximate surface area is 147 Å². The highest BCUT2D eigenvalue weighted by Gasteiger charge is 2.37. The maximum atomic E-state index is 12.7. The fourth-order valence-corrected chi connectivity index (χ4v) is 3.10. The minimum Gasteiger partial charge on any atom is -0.396 e. The van der Waals surface area contributed by atoms with Gasteiger partial charge in [0.25, 0.3) is 5.56 Å². The number of nitrogen functional groups attached to an aromatic ring is 1. The Bertz CT molecular complexity index is 611. The predicted molar refractivity (Wildman–Crippen MR) is 95.6 cm³/mol. The molecule has 2 rings (SSSR count). The number of aliphatic hydroxyl groups is 2. The summed E-state index contributed by atoms with van der Waals surface area (Å²) in [7, 11) is 1.80. The molecule has 0 saturated carbocycles. The van der Waals surface area contributed by atoms with Gasteiger partial charge in [-0.15, -0.1) is 0 Å². The lowest BCUT2D eigenvalue weighted by atomic mass is 10.4. The van der Waals surface area contributed by atoms with E-state index in [4.69, 9.17) is 15.6 Å². The van der Waals surface area contributed by atoms with Gasteiger partial charge in [0.1, 0.15) is 12.4 Å². The summed E-state index contributed by atoms with van der Waals surface area (Å²) in [6.07, 6.45) is -0.172. The molecule has 10 heteroatoms. The average Bonchev–Trinajstić information content (AvgIpc) is 2.73. The minimum atomic E-state index is -1.07. The standard InChI is InChI=1S/C13H22IN5O4/c1-3-5-18-11(22)9-10(16-13(18)15)19(12(14)17(9)2)7-23-8(21)4-6-20/h8,12,20-21H,3-7H2,1-2H3,(H2,15,16). The summed E-state index contributed by atoms with van der Waals surface area (Å²) in [6.45, 7) is 2.34. The highest BCUT2D eigenvalue weighted by molar-refractivity contribution is 14.1. The number of hydrogen-bond acceptors (Lipinski definition) is 8. The van der Waals surface area contributed by atoms with E-state index in [2.05, 4.69) is 27.6 Å². The van der Waals surface area contributed by atoms with E-state index in [1.54, 1.807) is 16.8 Å². The van der Waals surface area contributed by atoms with Crippen LogP contribution in [0.25, 0.3) is 0 Å². The average molecular weight is 439 g/mol. The van der Waals surface area contributed by atoms with E-state index in [-0.39, 0.29) is 35.4 Å². The number of nitrogens with zero attached hydrogens (tertiary/aromatic N) is 4. The third-order valence-electron chi connectivity index (χ3n) is 3.59. The second kappa shape index (κ2) is 7.64. The molecule has 0 amide bonds. The lowest BCUT2D eigenvalue weighted by Crippen LogP contribution is -2.39. The predicted octanol–water partition coefficient (Wildman–Crippen LogP) is -0.115. The van der Waals surface area contributed by atoms with Crippen LogP contribution >= 0.6 is 22.6 Å². The van der Waals surface area contributed by atoms with Gasteiger partial charge in [-0.1, -0.05) is 6.92 Å². The summed E-state index contributed by atoms with van der Waals surface area (Å²) in [5.41, 5.74) is 6.20. The number of rotatable bonds is 7. The zero-order valence-corrected chi connectivity index (χ0v) is 15.3. The minimum absolute atomic E-state index is 0.0375. The smallest absolute Gasteiger partial charge is 0.280 e. The Balaban J connectivity index is 2.32. The third-order valence-corrected chi connectivity index (χ3v) is 5.10. The largest absolute Gasteiger partial charge is 0.396 e. The topological polar surface area (TPSA) is 117 Å². The Hall–Kier alpha value is -1.11. The van der Waals surface area contributed by atoms with Crippen LogP contribution in [0.4, 0.5) is 17.5 Å². The van der Waals surface area contributed by atoms with E-state index in [1.165, 1.54) is 4.57 Å². The zero-order chi connectivity index (χ0) is 17.1. The Morgan fingerprint density at radius 2 is 2.22 bits per heavy atom. The Morgan fingerprint density at radius 1 is 1.52 bits per heavy atom. The third kappa shape index (κ3) is 3.54. The number of alkyl halides is 1. The summed E-state index contributed by atoms with van der Waals surface area (Å²) in [6, 6.07) is 0. The summed E-state index contributed by atoms with van der Waals surface area (Å²) >= 11 is 2.16. The van der Waals surface area contributed by atoms with Crippen molar-refractivity contribution in [2.24, 2.45) is 0 Å². The number of aromatic nitrogens is 2. The summed E-state index contributed by atoms with van der Waals surface area (Å²) in [5, 5.41) is 18.4. The van der Waals surface area contributed by atoms with Crippen LogP contribution in [0, 0.1) is 0 Å². The van der Waals surface area contributed by atoms with Crippen molar-refractivity contribution in [2.45, 2.75) is 36.8 Å². The van der Waals surface area contributed by atoms with Gasteiger partial charge in [0.15, 0.2) is 16.3 Å². The fourth-order valence-electron chi connectivity index (χ4n) is 2.40. The first kappa shape index (κ1) is 18.2. The second-order valence-corrected chi connectivity index (χ2v) is 6.37. The molecule has 0 aromatic carbocycles. The lowest BCUT2D eigenvalue weighted by molar-refractivity contribution is -0.108. The van der Waals surface area contributed by atoms with E-state index >= 15 is 0 Å². The first-order chi connectivity index (χ1) is 10.9. The molecule has 0 saturated heterocycles. The van der Waals surface area contributed by atoms with Crippen molar-refractivity contribution in [1.29, 1.82) is 0 Å². The molecule has 23 heavy (non-hydrogen) atoms. The Morgan fingerprint density at radius 3 is 2.83 bits per heavy atom. The van der Waals surface area contributed by atoms with Crippen molar-refractivity contribution >= 4 is 40.0 Å². The summed E-state index contributed by atoms with van der Waals surface area (Å²) < 4.78 is 6.57. The Kier molecular flexibility index (Phi) is 6.06. The van der Waals surface area contributed by atoms with Crippen LogP contribution in [0.5, 0.6) is 0 Å². The summed E-state index contributed by atoms with van der Waals surface area (Å²) in [4.78, 5) is 20.6. The van der Waals surface area contributed by atoms with Gasteiger partial charge < -0.3 is 30.5 Å². The van der Waals surface area contributed by atoms with E-state index in [0.29, 0.717) is 18.1 Å². The number of anilines is 3. The number of nitrogens with two attached hydrogens (primary N) is 1. The molecule has 0 spiro atoms. The molecule has 1 aliphatic heterocycles. The lowest BCUT2D eigenvalue weighted by Gasteiger charge is -2.25. The molecule has 0 aliphatic carbocycles. The normalized spacial score (nSPS) is 18.4. The second-order valence-electron chi connectivity index (χ2n) is 5.25. The molecule has 9 nitrogen and oxygen atoms in total. The molecular formula is C13H22IN5O4. The first-order valence-corrected chi connectivity index (χ1v) is 8.61. The maximum Gasteiger partial charge on any atom is 0.280 e. The molecular weight excluding hydrogens is 417 g/mol. The van der Waals surface area contributed by atoms with E-state index in [9.17, 15) is 9.90 Å². The van der Waals surface area contributed by atoms with Crippen molar-refractivity contribution in [3.63, 3.8) is 0 Å². The monoisotopic (exact) mass is 439 g/mol. The van der Waals surface area contributed by atoms with Crippen LogP contribution in [-0.2, 0) is 11.3 Å². The number of hydrogen-bond donors (Lipinski definition) is 3. The molecule has 1 aliphatic rings. The maximum absolute atomic E-state index is 12.7. The molecule has 1 aromatic rings. The molecule has 0 bridgehead atoms. The number of aliphatic hydroxyl groups excluding tert-OH is 2. The van der Waals surface area contributed by atoms with Gasteiger partial charge in [0, 0.05) is 26.6 Å². The molecule has 0 fully saturated rings. The quantitative estimate of drug-likeness (QED) is 0.233. The SMILES string of the molecule is CCCn1c(N)nc2c(c1=O)N(C)C(I)N2COC(O)CCO. The van der Waals surface area contributed by atoms with Crippen molar-refractivity contribution in [3.8, 4) is 0 Å². The van der Waals surface area contributed by atoms with Crippen molar-refractivity contribution in [2.75, 3.05) is 35.9 Å². The zero-order valence-electron chi connectivity index (χ0n) is 13.1. The van der Waals surface area contributed by atoms with Crippen molar-refractivity contribution in [3.05, 3.63) is 10.4 Å². The molecule has 4 N–H and O–H groups in total. The first-order valence-electron chi connectivity index (χ1n) is 7.36. The van der Waals surface area contributed by atoms with Crippen LogP contribution in [0.3, 0.4) is 0 Å². The highest BCUT2D eigenvalue weighted by atomic mass is 127. The molecule has 0 radical (unpaired) electrons.